The molecule has 3 rings (SSSR count). The molecule has 1 aromatic carbocycles. The van der Waals surface area contributed by atoms with Gasteiger partial charge in [-0.25, -0.2) is 0 Å². The summed E-state index contributed by atoms with van der Waals surface area (Å²) in [5.41, 5.74) is 2.29. The number of benzene rings is 1. The Morgan fingerprint density at radius 3 is 2.86 bits per heavy atom. The lowest BCUT2D eigenvalue weighted by molar-refractivity contribution is 0.224. The summed E-state index contributed by atoms with van der Waals surface area (Å²) in [5.74, 6) is 0.723. The molecule has 1 aromatic heterocycles. The van der Waals surface area contributed by atoms with E-state index >= 15 is 0 Å². The number of aromatic nitrogens is 1. The topological polar surface area (TPSA) is 49.0 Å². The number of halogens is 1. The molecule has 1 fully saturated rings. The molecule has 1 saturated carbocycles. The first-order valence-corrected chi connectivity index (χ1v) is 8.22. The van der Waals surface area contributed by atoms with Crippen molar-refractivity contribution in [3.05, 3.63) is 34.4 Å². The Morgan fingerprint density at radius 1 is 1.48 bits per heavy atom. The quantitative estimate of drug-likeness (QED) is 0.887. The summed E-state index contributed by atoms with van der Waals surface area (Å²) in [6.45, 7) is 2.98. The highest BCUT2D eigenvalue weighted by molar-refractivity contribution is 9.10. The van der Waals surface area contributed by atoms with E-state index in [2.05, 4.69) is 44.9 Å². The van der Waals surface area contributed by atoms with Gasteiger partial charge in [-0.1, -0.05) is 28.9 Å². The molecule has 0 aliphatic heterocycles. The first kappa shape index (κ1) is 14.6. The third-order valence-electron chi connectivity index (χ3n) is 4.26. The van der Waals surface area contributed by atoms with Gasteiger partial charge >= 0.3 is 0 Å². The predicted octanol–water partition coefficient (Wildman–Crippen LogP) is 4.05. The van der Waals surface area contributed by atoms with Crippen molar-refractivity contribution in [2.24, 2.45) is 11.8 Å². The lowest BCUT2D eigenvalue weighted by Crippen LogP contribution is -2.10. The van der Waals surface area contributed by atoms with E-state index < -0.39 is 0 Å². The smallest absolute Gasteiger partial charge is 0.0761 e. The summed E-state index contributed by atoms with van der Waals surface area (Å²) in [6, 6.07) is 8.73. The molecular weight excluding hydrogens is 328 g/mol. The maximum Gasteiger partial charge on any atom is 0.0761 e. The Hall–Kier alpha value is -1.31. The number of nitriles is 1. The zero-order chi connectivity index (χ0) is 15.0. The first-order valence-electron chi connectivity index (χ1n) is 7.42. The van der Waals surface area contributed by atoms with Gasteiger partial charge in [0.1, 0.15) is 0 Å². The van der Waals surface area contributed by atoms with E-state index in [9.17, 15) is 10.4 Å². The minimum absolute atomic E-state index is 0.000594. The van der Waals surface area contributed by atoms with Gasteiger partial charge in [0, 0.05) is 34.7 Å². The van der Waals surface area contributed by atoms with Crippen molar-refractivity contribution >= 4 is 26.8 Å². The van der Waals surface area contributed by atoms with Crippen LogP contribution < -0.4 is 0 Å². The molecule has 1 aliphatic rings. The molecule has 0 saturated heterocycles. The average Bonchev–Trinajstić information content (AvgIpc) is 3.25. The standard InChI is InChI=1S/C17H19BrN2O/c1-11(10-21)8-20-9-16(15(7-19)12-2-3-12)14-5-4-13(18)6-17(14)20/h4-6,9,11-12,15,21H,2-3,8,10H2,1H3. The number of fused-ring (bicyclic) bond motifs is 1. The Balaban J connectivity index is 2.10. The van der Waals surface area contributed by atoms with Crippen LogP contribution in [0.25, 0.3) is 10.9 Å². The van der Waals surface area contributed by atoms with Crippen LogP contribution in [0, 0.1) is 23.2 Å². The van der Waals surface area contributed by atoms with Crippen LogP contribution in [0.4, 0.5) is 0 Å². The van der Waals surface area contributed by atoms with Crippen LogP contribution in [0.5, 0.6) is 0 Å². The molecular formula is C17H19BrN2O. The molecule has 0 bridgehead atoms. The van der Waals surface area contributed by atoms with Gasteiger partial charge in [-0.2, -0.15) is 5.26 Å². The van der Waals surface area contributed by atoms with Crippen molar-refractivity contribution in [2.45, 2.75) is 32.2 Å². The number of aliphatic hydroxyl groups is 1. The Labute approximate surface area is 133 Å². The third kappa shape index (κ3) is 2.86. The van der Waals surface area contributed by atoms with Crippen molar-refractivity contribution in [1.29, 1.82) is 5.26 Å². The number of hydrogen-bond donors (Lipinski definition) is 1. The van der Waals surface area contributed by atoms with Crippen LogP contribution in [-0.4, -0.2) is 16.3 Å². The van der Waals surface area contributed by atoms with Crippen molar-refractivity contribution in [1.82, 2.24) is 4.57 Å². The fourth-order valence-corrected chi connectivity index (χ4v) is 3.29. The van der Waals surface area contributed by atoms with Gasteiger partial charge in [-0.15, -0.1) is 0 Å². The van der Waals surface area contributed by atoms with Gasteiger partial charge in [0.05, 0.1) is 12.0 Å². The first-order chi connectivity index (χ1) is 10.1. The predicted molar refractivity (Wildman–Crippen MR) is 87.0 cm³/mol. The van der Waals surface area contributed by atoms with E-state index in [4.69, 9.17) is 0 Å². The highest BCUT2D eigenvalue weighted by atomic mass is 79.9. The van der Waals surface area contributed by atoms with E-state index in [1.807, 2.05) is 13.0 Å². The zero-order valence-corrected chi connectivity index (χ0v) is 13.7. The monoisotopic (exact) mass is 346 g/mol. The van der Waals surface area contributed by atoms with Gasteiger partial charge in [-0.3, -0.25) is 0 Å². The molecule has 1 N–H and O–H groups in total. The number of nitrogens with zero attached hydrogens (tertiary/aromatic N) is 2. The molecule has 1 aliphatic carbocycles. The van der Waals surface area contributed by atoms with Gasteiger partial charge in [0.25, 0.3) is 0 Å². The Kier molecular flexibility index (Phi) is 4.05. The fourth-order valence-electron chi connectivity index (χ4n) is 2.94. The number of aliphatic hydroxyl groups excluding tert-OH is 1. The molecule has 2 aromatic rings. The second-order valence-corrected chi connectivity index (χ2v) is 7.05. The third-order valence-corrected chi connectivity index (χ3v) is 4.76. The largest absolute Gasteiger partial charge is 0.396 e. The van der Waals surface area contributed by atoms with Crippen molar-refractivity contribution in [2.75, 3.05) is 6.61 Å². The van der Waals surface area contributed by atoms with Crippen LogP contribution >= 0.6 is 15.9 Å². The minimum atomic E-state index is -0.000594. The highest BCUT2D eigenvalue weighted by Crippen LogP contribution is 2.44. The van der Waals surface area contributed by atoms with Crippen molar-refractivity contribution in [3.8, 4) is 6.07 Å². The minimum Gasteiger partial charge on any atom is -0.396 e. The lowest BCUT2D eigenvalue weighted by atomic mass is 9.95. The van der Waals surface area contributed by atoms with Gasteiger partial charge in [0.15, 0.2) is 0 Å². The maximum absolute atomic E-state index is 9.53. The van der Waals surface area contributed by atoms with Crippen molar-refractivity contribution in [3.63, 3.8) is 0 Å². The molecule has 110 valence electrons. The Morgan fingerprint density at radius 2 is 2.24 bits per heavy atom. The number of rotatable bonds is 5. The summed E-state index contributed by atoms with van der Waals surface area (Å²) in [6.07, 6.45) is 4.44. The summed E-state index contributed by atoms with van der Waals surface area (Å²) >= 11 is 3.53. The molecule has 2 atom stereocenters. The Bertz CT molecular complexity index is 697. The van der Waals surface area contributed by atoms with Crippen LogP contribution in [-0.2, 0) is 6.54 Å². The molecule has 2 unspecified atom stereocenters. The molecule has 21 heavy (non-hydrogen) atoms. The van der Waals surface area contributed by atoms with Gasteiger partial charge < -0.3 is 9.67 Å². The molecule has 0 amide bonds. The SMILES string of the molecule is CC(CO)Cn1cc(C(C#N)C2CC2)c2ccc(Br)cc21. The zero-order valence-electron chi connectivity index (χ0n) is 12.1. The van der Waals surface area contributed by atoms with Crippen molar-refractivity contribution < 1.29 is 5.11 Å². The fraction of sp³-hybridized carbons (Fsp3) is 0.471. The van der Waals surface area contributed by atoms with Crippen LogP contribution in [0.2, 0.25) is 0 Å². The summed E-state index contributed by atoms with van der Waals surface area (Å²) in [7, 11) is 0. The molecule has 0 spiro atoms. The van der Waals surface area contributed by atoms with Crippen LogP contribution in [0.1, 0.15) is 31.2 Å². The normalized spacial score (nSPS) is 17.6. The van der Waals surface area contributed by atoms with Crippen LogP contribution in [0.15, 0.2) is 28.9 Å². The lowest BCUT2D eigenvalue weighted by Gasteiger charge is -2.10. The van der Waals surface area contributed by atoms with E-state index in [0.29, 0.717) is 5.92 Å². The molecule has 3 nitrogen and oxygen atoms in total. The number of hydrogen-bond acceptors (Lipinski definition) is 2. The molecule has 0 radical (unpaired) electrons. The van der Waals surface area contributed by atoms with E-state index in [1.54, 1.807) is 0 Å². The van der Waals surface area contributed by atoms with E-state index in [1.165, 1.54) is 5.39 Å². The van der Waals surface area contributed by atoms with Gasteiger partial charge in [-0.05, 0) is 42.4 Å². The summed E-state index contributed by atoms with van der Waals surface area (Å²) in [5, 5.41) is 20.0. The second kappa shape index (κ2) is 5.82. The van der Waals surface area contributed by atoms with E-state index in [-0.39, 0.29) is 18.4 Å². The van der Waals surface area contributed by atoms with Gasteiger partial charge in [0.2, 0.25) is 0 Å². The summed E-state index contributed by atoms with van der Waals surface area (Å²) in [4.78, 5) is 0. The maximum atomic E-state index is 9.53. The highest BCUT2D eigenvalue weighted by Gasteiger charge is 2.34. The summed E-state index contributed by atoms with van der Waals surface area (Å²) < 4.78 is 3.22. The van der Waals surface area contributed by atoms with E-state index in [0.717, 1.165) is 34.9 Å². The molecule has 4 heteroatoms. The van der Waals surface area contributed by atoms with Crippen LogP contribution in [0.3, 0.4) is 0 Å². The second-order valence-electron chi connectivity index (χ2n) is 6.13. The molecule has 1 heterocycles. The average molecular weight is 347 g/mol.